The van der Waals surface area contributed by atoms with Crippen molar-refractivity contribution in [1.29, 1.82) is 0 Å². The zero-order valence-corrected chi connectivity index (χ0v) is 13.5. The third-order valence-electron chi connectivity index (χ3n) is 2.80. The standard InChI is InChI=1S/C11H25ClO3Si/c1-4-5-6-15-11(12,8-14)9(7-13)10(2,3)16/h9,13-14H,4-8H2,1-3,16H3. The highest BCUT2D eigenvalue weighted by Crippen LogP contribution is 2.42. The first-order valence-corrected chi connectivity index (χ1v) is 7.24. The fourth-order valence-corrected chi connectivity index (χ4v) is 3.00. The van der Waals surface area contributed by atoms with E-state index in [1.807, 2.05) is 13.8 Å². The lowest BCUT2D eigenvalue weighted by Crippen LogP contribution is -2.46. The molecule has 0 heterocycles. The van der Waals surface area contributed by atoms with Crippen LogP contribution >= 0.6 is 11.6 Å². The zero-order chi connectivity index (χ0) is 12.8. The van der Waals surface area contributed by atoms with Crippen molar-refractivity contribution < 1.29 is 14.9 Å². The quantitative estimate of drug-likeness (QED) is 0.391. The van der Waals surface area contributed by atoms with Crippen LogP contribution in [0.1, 0.15) is 33.6 Å². The second-order valence-electron chi connectivity index (χ2n) is 5.25. The van der Waals surface area contributed by atoms with Crippen molar-refractivity contribution in [1.82, 2.24) is 0 Å². The molecule has 2 unspecified atom stereocenters. The number of unbranched alkanes of at least 4 members (excludes halogenated alkanes) is 1. The predicted octanol–water partition coefficient (Wildman–Crippen LogP) is 0.903. The first-order chi connectivity index (χ1) is 7.31. The van der Waals surface area contributed by atoms with Gasteiger partial charge in [0.1, 0.15) is 0 Å². The van der Waals surface area contributed by atoms with E-state index in [2.05, 4.69) is 6.92 Å². The maximum Gasteiger partial charge on any atom is 0.169 e. The monoisotopic (exact) mass is 268 g/mol. The lowest BCUT2D eigenvalue weighted by molar-refractivity contribution is -0.0801. The topological polar surface area (TPSA) is 49.7 Å². The summed E-state index contributed by atoms with van der Waals surface area (Å²) in [5.74, 6) is -0.241. The molecule has 5 heteroatoms. The smallest absolute Gasteiger partial charge is 0.169 e. The van der Waals surface area contributed by atoms with E-state index in [-0.39, 0.29) is 24.2 Å². The Morgan fingerprint density at radius 3 is 2.25 bits per heavy atom. The van der Waals surface area contributed by atoms with Crippen molar-refractivity contribution in [3.05, 3.63) is 0 Å². The van der Waals surface area contributed by atoms with Gasteiger partial charge < -0.3 is 14.9 Å². The van der Waals surface area contributed by atoms with Gasteiger partial charge in [-0.05, 0) is 11.5 Å². The summed E-state index contributed by atoms with van der Waals surface area (Å²) in [6, 6.07) is 0. The van der Waals surface area contributed by atoms with Crippen LogP contribution < -0.4 is 0 Å². The van der Waals surface area contributed by atoms with E-state index >= 15 is 0 Å². The van der Waals surface area contributed by atoms with Crippen LogP contribution in [-0.4, -0.2) is 45.3 Å². The van der Waals surface area contributed by atoms with Gasteiger partial charge in [-0.25, -0.2) is 0 Å². The van der Waals surface area contributed by atoms with Crippen molar-refractivity contribution in [2.45, 2.75) is 43.7 Å². The normalized spacial score (nSPS) is 18.4. The molecule has 0 radical (unpaired) electrons. The molecular formula is C11H25ClO3Si. The summed E-state index contributed by atoms with van der Waals surface area (Å²) in [7, 11) is 0.880. The van der Waals surface area contributed by atoms with E-state index in [0.717, 1.165) is 23.1 Å². The van der Waals surface area contributed by atoms with Gasteiger partial charge in [-0.1, -0.05) is 38.8 Å². The maximum atomic E-state index is 9.43. The van der Waals surface area contributed by atoms with Gasteiger partial charge in [0.05, 0.1) is 13.2 Å². The van der Waals surface area contributed by atoms with Crippen molar-refractivity contribution in [3.63, 3.8) is 0 Å². The second-order valence-corrected chi connectivity index (χ2v) is 8.46. The molecule has 2 atom stereocenters. The molecule has 0 bridgehead atoms. The summed E-state index contributed by atoms with van der Waals surface area (Å²) >= 11 is 6.30. The molecule has 0 aliphatic carbocycles. The summed E-state index contributed by atoms with van der Waals surface area (Å²) in [5, 5.41) is 17.6. The molecule has 0 aliphatic rings. The van der Waals surface area contributed by atoms with Crippen molar-refractivity contribution >= 4 is 21.8 Å². The first kappa shape index (κ1) is 16.4. The number of aliphatic hydroxyl groups excluding tert-OH is 2. The lowest BCUT2D eigenvalue weighted by atomic mass is 9.89. The molecule has 0 saturated carbocycles. The molecule has 0 aromatic carbocycles. The molecule has 0 rings (SSSR count). The van der Waals surface area contributed by atoms with E-state index in [1.165, 1.54) is 0 Å². The van der Waals surface area contributed by atoms with Gasteiger partial charge in [-0.2, -0.15) is 0 Å². The van der Waals surface area contributed by atoms with Crippen LogP contribution in [0, 0.1) is 5.92 Å². The van der Waals surface area contributed by atoms with Crippen molar-refractivity contribution in [3.8, 4) is 0 Å². The molecule has 0 aliphatic heterocycles. The number of alkyl halides is 1. The largest absolute Gasteiger partial charge is 0.396 e. The van der Waals surface area contributed by atoms with E-state index in [9.17, 15) is 10.2 Å². The van der Waals surface area contributed by atoms with Gasteiger partial charge in [-0.15, -0.1) is 0 Å². The van der Waals surface area contributed by atoms with E-state index < -0.39 is 5.06 Å². The Balaban J connectivity index is 4.63. The molecule has 0 aromatic heterocycles. The molecular weight excluding hydrogens is 244 g/mol. The fourth-order valence-electron chi connectivity index (χ4n) is 1.70. The molecule has 0 saturated heterocycles. The van der Waals surface area contributed by atoms with Crippen LogP contribution in [-0.2, 0) is 4.74 Å². The van der Waals surface area contributed by atoms with E-state index in [4.69, 9.17) is 16.3 Å². The number of halogens is 1. The maximum absolute atomic E-state index is 9.43. The molecule has 0 aromatic rings. The van der Waals surface area contributed by atoms with Crippen LogP contribution in [0.2, 0.25) is 5.04 Å². The molecule has 0 spiro atoms. The summed E-state index contributed by atoms with van der Waals surface area (Å²) < 4.78 is 5.58. The Kier molecular flexibility index (Phi) is 7.13. The average molecular weight is 269 g/mol. The van der Waals surface area contributed by atoms with Crippen LogP contribution in [0.5, 0.6) is 0 Å². The number of aliphatic hydroxyl groups is 2. The van der Waals surface area contributed by atoms with Crippen molar-refractivity contribution in [2.24, 2.45) is 5.92 Å². The van der Waals surface area contributed by atoms with Gasteiger partial charge in [0.15, 0.2) is 5.06 Å². The van der Waals surface area contributed by atoms with Crippen LogP contribution in [0.15, 0.2) is 0 Å². The summed E-state index contributed by atoms with van der Waals surface area (Å²) in [5.41, 5.74) is 0. The van der Waals surface area contributed by atoms with E-state index in [1.54, 1.807) is 0 Å². The van der Waals surface area contributed by atoms with Gasteiger partial charge in [-0.3, -0.25) is 0 Å². The summed E-state index contributed by atoms with van der Waals surface area (Å²) in [6.07, 6.45) is 1.93. The molecule has 16 heavy (non-hydrogen) atoms. The predicted molar refractivity (Wildman–Crippen MR) is 71.1 cm³/mol. The number of hydrogen-bond donors (Lipinski definition) is 2. The number of ether oxygens (including phenoxy) is 1. The number of hydrogen-bond acceptors (Lipinski definition) is 3. The SMILES string of the molecule is CCCCOC(Cl)(CO)C(CO)C(C)(C)[SiH3]. The minimum Gasteiger partial charge on any atom is -0.396 e. The van der Waals surface area contributed by atoms with Gasteiger partial charge in [0, 0.05) is 22.8 Å². The molecule has 0 amide bonds. The Labute approximate surface area is 107 Å². The van der Waals surface area contributed by atoms with Gasteiger partial charge in [0.2, 0.25) is 0 Å². The highest BCUT2D eigenvalue weighted by atomic mass is 35.5. The van der Waals surface area contributed by atoms with Gasteiger partial charge >= 0.3 is 0 Å². The van der Waals surface area contributed by atoms with Crippen LogP contribution in [0.4, 0.5) is 0 Å². The molecule has 2 N–H and O–H groups in total. The highest BCUT2D eigenvalue weighted by Gasteiger charge is 2.43. The Bertz CT molecular complexity index is 196. The molecule has 0 fully saturated rings. The third-order valence-corrected chi connectivity index (χ3v) is 3.99. The third kappa shape index (κ3) is 4.71. The number of rotatable bonds is 8. The lowest BCUT2D eigenvalue weighted by Gasteiger charge is -2.40. The summed E-state index contributed by atoms with van der Waals surface area (Å²) in [6.45, 7) is 6.33. The minimum absolute atomic E-state index is 0.0628. The Hall–Kier alpha value is 0.387. The second kappa shape index (κ2) is 6.96. The fraction of sp³-hybridized carbons (Fsp3) is 1.00. The van der Waals surface area contributed by atoms with Gasteiger partial charge in [0.25, 0.3) is 0 Å². The van der Waals surface area contributed by atoms with E-state index in [0.29, 0.717) is 6.61 Å². The molecule has 98 valence electrons. The Morgan fingerprint density at radius 2 is 1.94 bits per heavy atom. The average Bonchev–Trinajstić information content (AvgIpc) is 2.17. The first-order valence-electron chi connectivity index (χ1n) is 5.86. The summed E-state index contributed by atoms with van der Waals surface area (Å²) in [4.78, 5) is 0. The van der Waals surface area contributed by atoms with Crippen LogP contribution in [0.3, 0.4) is 0 Å². The Morgan fingerprint density at radius 1 is 1.38 bits per heavy atom. The minimum atomic E-state index is -1.14. The molecule has 3 nitrogen and oxygen atoms in total. The zero-order valence-electron chi connectivity index (χ0n) is 10.8. The highest BCUT2D eigenvalue weighted by molar-refractivity contribution is 6.24. The van der Waals surface area contributed by atoms with Crippen molar-refractivity contribution in [2.75, 3.05) is 19.8 Å². The van der Waals surface area contributed by atoms with Crippen LogP contribution in [0.25, 0.3) is 0 Å².